The lowest BCUT2D eigenvalue weighted by molar-refractivity contribution is -0.384. The molecule has 120 valence electrons. The van der Waals surface area contributed by atoms with Gasteiger partial charge in [0.25, 0.3) is 5.91 Å². The number of methoxy groups -OCH3 is 1. The van der Waals surface area contributed by atoms with Gasteiger partial charge in [-0.3, -0.25) is 19.9 Å². The predicted octanol–water partition coefficient (Wildman–Crippen LogP) is 2.32. The van der Waals surface area contributed by atoms with Crippen LogP contribution in [-0.4, -0.2) is 29.5 Å². The summed E-state index contributed by atoms with van der Waals surface area (Å²) in [6, 6.07) is 6.64. The number of hydrogen-bond acceptors (Lipinski definition) is 6. The lowest BCUT2D eigenvalue weighted by atomic mass is 10.2. The van der Waals surface area contributed by atoms with E-state index in [9.17, 15) is 14.9 Å². The standard InChI is InChI=1S/C15H15N3O5/c1-10-3-4-13(14(7-10)22-2)23-9-15(19)17-11-5-6-16-8-12(11)18(20)21/h3-8H,9H2,1-2H3,(H,16,17,19). The zero-order valence-corrected chi connectivity index (χ0v) is 12.6. The zero-order chi connectivity index (χ0) is 16.8. The fourth-order valence-corrected chi connectivity index (χ4v) is 1.86. The second kappa shape index (κ2) is 7.21. The first-order chi connectivity index (χ1) is 11.0. The number of aryl methyl sites for hydroxylation is 1. The maximum absolute atomic E-state index is 11.9. The van der Waals surface area contributed by atoms with Gasteiger partial charge >= 0.3 is 5.69 Å². The quantitative estimate of drug-likeness (QED) is 0.647. The van der Waals surface area contributed by atoms with Gasteiger partial charge in [0.1, 0.15) is 11.9 Å². The normalized spacial score (nSPS) is 10.0. The molecule has 0 saturated heterocycles. The van der Waals surface area contributed by atoms with Crippen LogP contribution in [0.15, 0.2) is 36.7 Å². The minimum Gasteiger partial charge on any atom is -0.493 e. The van der Waals surface area contributed by atoms with Gasteiger partial charge in [-0.15, -0.1) is 0 Å². The summed E-state index contributed by atoms with van der Waals surface area (Å²) < 4.78 is 10.6. The Morgan fingerprint density at radius 2 is 2.13 bits per heavy atom. The number of nitrogens with one attached hydrogen (secondary N) is 1. The maximum atomic E-state index is 11.9. The monoisotopic (exact) mass is 317 g/mol. The van der Waals surface area contributed by atoms with Crippen LogP contribution in [0.5, 0.6) is 11.5 Å². The summed E-state index contributed by atoms with van der Waals surface area (Å²) in [6.07, 6.45) is 2.42. The highest BCUT2D eigenvalue weighted by Crippen LogP contribution is 2.28. The summed E-state index contributed by atoms with van der Waals surface area (Å²) in [5.41, 5.74) is 0.772. The molecule has 2 aromatic rings. The van der Waals surface area contributed by atoms with E-state index in [1.807, 2.05) is 13.0 Å². The minimum absolute atomic E-state index is 0.0643. The summed E-state index contributed by atoms with van der Waals surface area (Å²) in [6.45, 7) is 1.60. The number of amides is 1. The topological polar surface area (TPSA) is 104 Å². The number of carbonyl (C=O) groups excluding carboxylic acids is 1. The molecule has 1 N–H and O–H groups in total. The third-order valence-corrected chi connectivity index (χ3v) is 2.95. The number of carbonyl (C=O) groups is 1. The Morgan fingerprint density at radius 3 is 2.83 bits per heavy atom. The van der Waals surface area contributed by atoms with Crippen molar-refractivity contribution in [2.45, 2.75) is 6.92 Å². The predicted molar refractivity (Wildman–Crippen MR) is 82.7 cm³/mol. The molecule has 0 radical (unpaired) electrons. The van der Waals surface area contributed by atoms with Gasteiger partial charge in [0.05, 0.1) is 12.0 Å². The highest BCUT2D eigenvalue weighted by Gasteiger charge is 2.16. The van der Waals surface area contributed by atoms with Crippen molar-refractivity contribution in [3.05, 3.63) is 52.3 Å². The number of nitro groups is 1. The molecular formula is C15H15N3O5. The summed E-state index contributed by atoms with van der Waals surface area (Å²) in [7, 11) is 1.50. The van der Waals surface area contributed by atoms with Gasteiger partial charge in [-0.2, -0.15) is 0 Å². The zero-order valence-electron chi connectivity index (χ0n) is 12.6. The third kappa shape index (κ3) is 4.16. The molecule has 1 amide bonds. The molecular weight excluding hydrogens is 302 g/mol. The molecule has 23 heavy (non-hydrogen) atoms. The molecule has 0 aliphatic heterocycles. The number of anilines is 1. The molecule has 8 nitrogen and oxygen atoms in total. The van der Waals surface area contributed by atoms with Crippen LogP contribution in [0.1, 0.15) is 5.56 Å². The van der Waals surface area contributed by atoms with Gasteiger partial charge in [-0.25, -0.2) is 0 Å². The van der Waals surface area contributed by atoms with E-state index < -0.39 is 10.8 Å². The number of benzene rings is 1. The third-order valence-electron chi connectivity index (χ3n) is 2.95. The maximum Gasteiger partial charge on any atom is 0.310 e. The molecule has 0 aliphatic carbocycles. The molecule has 0 saturated carbocycles. The van der Waals surface area contributed by atoms with Crippen molar-refractivity contribution in [2.24, 2.45) is 0 Å². The van der Waals surface area contributed by atoms with Crippen LogP contribution in [0.3, 0.4) is 0 Å². The van der Waals surface area contributed by atoms with Gasteiger partial charge in [0.2, 0.25) is 0 Å². The molecule has 1 heterocycles. The van der Waals surface area contributed by atoms with E-state index in [0.29, 0.717) is 11.5 Å². The highest BCUT2D eigenvalue weighted by atomic mass is 16.6. The molecule has 0 spiro atoms. The molecule has 0 bridgehead atoms. The Kier molecular flexibility index (Phi) is 5.08. The van der Waals surface area contributed by atoms with E-state index in [-0.39, 0.29) is 18.0 Å². The molecule has 0 aliphatic rings. The fraction of sp³-hybridized carbons (Fsp3) is 0.200. The van der Waals surface area contributed by atoms with Gasteiger partial charge in [0.15, 0.2) is 18.1 Å². The number of aromatic nitrogens is 1. The first kappa shape index (κ1) is 16.2. The number of ether oxygens (including phenoxy) is 2. The number of hydrogen-bond donors (Lipinski definition) is 1. The fourth-order valence-electron chi connectivity index (χ4n) is 1.86. The molecule has 2 rings (SSSR count). The van der Waals surface area contributed by atoms with Crippen LogP contribution in [0.25, 0.3) is 0 Å². The summed E-state index contributed by atoms with van der Waals surface area (Å²) >= 11 is 0. The van der Waals surface area contributed by atoms with Gasteiger partial charge in [0, 0.05) is 6.20 Å². The largest absolute Gasteiger partial charge is 0.493 e. The average molecular weight is 317 g/mol. The highest BCUT2D eigenvalue weighted by molar-refractivity contribution is 5.93. The summed E-state index contributed by atoms with van der Waals surface area (Å²) in [5, 5.41) is 13.3. The lowest BCUT2D eigenvalue weighted by Crippen LogP contribution is -2.21. The Labute approximate surface area is 132 Å². The average Bonchev–Trinajstić information content (AvgIpc) is 2.53. The van der Waals surface area contributed by atoms with E-state index >= 15 is 0 Å². The van der Waals surface area contributed by atoms with Crippen LogP contribution < -0.4 is 14.8 Å². The van der Waals surface area contributed by atoms with E-state index in [1.54, 1.807) is 12.1 Å². The van der Waals surface area contributed by atoms with Crippen LogP contribution in [-0.2, 0) is 4.79 Å². The Balaban J connectivity index is 2.03. The molecule has 8 heteroatoms. The molecule has 1 aromatic heterocycles. The lowest BCUT2D eigenvalue weighted by Gasteiger charge is -2.11. The SMILES string of the molecule is COc1cc(C)ccc1OCC(=O)Nc1ccncc1[N+](=O)[O-]. The van der Waals surface area contributed by atoms with Crippen molar-refractivity contribution >= 4 is 17.3 Å². The number of nitrogens with zero attached hydrogens (tertiary/aromatic N) is 2. The minimum atomic E-state index is -0.619. The van der Waals surface area contributed by atoms with E-state index in [2.05, 4.69) is 10.3 Å². The van der Waals surface area contributed by atoms with Crippen molar-refractivity contribution in [3.63, 3.8) is 0 Å². The van der Waals surface area contributed by atoms with Crippen LogP contribution in [0.2, 0.25) is 0 Å². The summed E-state index contributed by atoms with van der Waals surface area (Å²) in [5.74, 6) is 0.395. The summed E-state index contributed by atoms with van der Waals surface area (Å²) in [4.78, 5) is 25.8. The van der Waals surface area contributed by atoms with Crippen LogP contribution in [0, 0.1) is 17.0 Å². The van der Waals surface area contributed by atoms with E-state index in [0.717, 1.165) is 11.8 Å². The van der Waals surface area contributed by atoms with Crippen LogP contribution in [0.4, 0.5) is 11.4 Å². The molecule has 0 unspecified atom stereocenters. The van der Waals surface area contributed by atoms with Crippen molar-refractivity contribution < 1.29 is 19.2 Å². The second-order valence-corrected chi connectivity index (χ2v) is 4.64. The molecule has 1 aromatic carbocycles. The van der Waals surface area contributed by atoms with E-state index in [1.165, 1.54) is 19.4 Å². The Morgan fingerprint density at radius 1 is 1.35 bits per heavy atom. The Bertz CT molecular complexity index is 733. The van der Waals surface area contributed by atoms with Crippen molar-refractivity contribution in [3.8, 4) is 11.5 Å². The van der Waals surface area contributed by atoms with Crippen LogP contribution >= 0.6 is 0 Å². The smallest absolute Gasteiger partial charge is 0.310 e. The first-order valence-corrected chi connectivity index (χ1v) is 6.67. The molecule has 0 atom stereocenters. The van der Waals surface area contributed by atoms with Crippen molar-refractivity contribution in [2.75, 3.05) is 19.0 Å². The second-order valence-electron chi connectivity index (χ2n) is 4.64. The van der Waals surface area contributed by atoms with Gasteiger partial charge in [-0.05, 0) is 30.7 Å². The van der Waals surface area contributed by atoms with Gasteiger partial charge < -0.3 is 14.8 Å². The molecule has 0 fully saturated rings. The van der Waals surface area contributed by atoms with E-state index in [4.69, 9.17) is 9.47 Å². The first-order valence-electron chi connectivity index (χ1n) is 6.67. The Hall–Kier alpha value is -3.16. The number of pyridine rings is 1. The van der Waals surface area contributed by atoms with Crippen molar-refractivity contribution in [1.82, 2.24) is 4.98 Å². The van der Waals surface area contributed by atoms with Crippen molar-refractivity contribution in [1.29, 1.82) is 0 Å². The van der Waals surface area contributed by atoms with Gasteiger partial charge in [-0.1, -0.05) is 6.07 Å². The number of rotatable bonds is 6.